The lowest BCUT2D eigenvalue weighted by molar-refractivity contribution is -0.384. The van der Waals surface area contributed by atoms with E-state index in [1.165, 1.54) is 23.9 Å². The smallest absolute Gasteiger partial charge is 0.270 e. The number of aromatic nitrogens is 3. The van der Waals surface area contributed by atoms with Crippen LogP contribution < -0.4 is 10.1 Å². The number of carbonyl (C=O) groups excluding carboxylic acids is 1. The topological polar surface area (TPSA) is 112 Å². The second-order valence-electron chi connectivity index (χ2n) is 6.21. The highest BCUT2D eigenvalue weighted by molar-refractivity contribution is 7.99. The first-order valence-corrected chi connectivity index (χ1v) is 9.59. The molecule has 0 saturated carbocycles. The molecule has 0 unspecified atom stereocenters. The van der Waals surface area contributed by atoms with E-state index in [2.05, 4.69) is 15.5 Å². The monoisotopic (exact) mass is 413 g/mol. The Labute approximate surface area is 171 Å². The van der Waals surface area contributed by atoms with E-state index >= 15 is 0 Å². The van der Waals surface area contributed by atoms with Crippen LogP contribution in [0.5, 0.6) is 5.75 Å². The van der Waals surface area contributed by atoms with Crippen LogP contribution in [0.1, 0.15) is 5.56 Å². The predicted octanol–water partition coefficient (Wildman–Crippen LogP) is 3.44. The van der Waals surface area contributed by atoms with Crippen LogP contribution in [-0.2, 0) is 11.8 Å². The predicted molar refractivity (Wildman–Crippen MR) is 110 cm³/mol. The van der Waals surface area contributed by atoms with E-state index in [0.717, 1.165) is 5.56 Å². The number of methoxy groups -OCH3 is 1. The Balaban J connectivity index is 1.69. The molecule has 0 aliphatic rings. The van der Waals surface area contributed by atoms with E-state index < -0.39 is 4.92 Å². The van der Waals surface area contributed by atoms with Gasteiger partial charge in [-0.25, -0.2) is 0 Å². The van der Waals surface area contributed by atoms with E-state index in [1.54, 1.807) is 36.9 Å². The molecule has 1 N–H and O–H groups in total. The number of nitro groups is 1. The van der Waals surface area contributed by atoms with Gasteiger partial charge in [-0.15, -0.1) is 10.2 Å². The van der Waals surface area contributed by atoms with Crippen molar-refractivity contribution in [1.29, 1.82) is 0 Å². The number of carbonyl (C=O) groups is 1. The van der Waals surface area contributed by atoms with Crippen LogP contribution in [0.2, 0.25) is 0 Å². The van der Waals surface area contributed by atoms with E-state index in [-0.39, 0.29) is 17.3 Å². The maximum Gasteiger partial charge on any atom is 0.270 e. The number of hydrogen-bond acceptors (Lipinski definition) is 7. The number of ether oxygens (including phenoxy) is 1. The highest BCUT2D eigenvalue weighted by Gasteiger charge is 2.16. The summed E-state index contributed by atoms with van der Waals surface area (Å²) in [5, 5.41) is 22.5. The number of nitrogens with one attached hydrogen (secondary N) is 1. The molecule has 0 bridgehead atoms. The Hall–Kier alpha value is -3.40. The fourth-order valence-corrected chi connectivity index (χ4v) is 3.40. The van der Waals surface area contributed by atoms with Gasteiger partial charge in [-0.1, -0.05) is 30.0 Å². The van der Waals surface area contributed by atoms with E-state index in [0.29, 0.717) is 28.0 Å². The lowest BCUT2D eigenvalue weighted by Gasteiger charge is -2.10. The van der Waals surface area contributed by atoms with Crippen molar-refractivity contribution in [3.05, 3.63) is 58.1 Å². The van der Waals surface area contributed by atoms with Crippen molar-refractivity contribution in [2.24, 2.45) is 7.05 Å². The SMILES string of the molecule is COc1ccc(C)cc1NC(=O)CSc1nnc(-c2cccc([N+](=O)[O-])c2)n1C. The summed E-state index contributed by atoms with van der Waals surface area (Å²) in [5.41, 5.74) is 2.16. The van der Waals surface area contributed by atoms with E-state index in [1.807, 2.05) is 19.1 Å². The summed E-state index contributed by atoms with van der Waals surface area (Å²) < 4.78 is 6.96. The third-order valence-electron chi connectivity index (χ3n) is 4.11. The van der Waals surface area contributed by atoms with Gasteiger partial charge in [0.05, 0.1) is 23.5 Å². The fraction of sp³-hybridized carbons (Fsp3) is 0.211. The number of aryl methyl sites for hydroxylation is 1. The van der Waals surface area contributed by atoms with Gasteiger partial charge in [0.15, 0.2) is 11.0 Å². The number of nitro benzene ring substituents is 1. The summed E-state index contributed by atoms with van der Waals surface area (Å²) in [7, 11) is 3.29. The van der Waals surface area contributed by atoms with Gasteiger partial charge in [0.2, 0.25) is 5.91 Å². The van der Waals surface area contributed by atoms with Gasteiger partial charge < -0.3 is 14.6 Å². The molecule has 1 amide bonds. The fourth-order valence-electron chi connectivity index (χ4n) is 2.69. The zero-order valence-electron chi connectivity index (χ0n) is 16.1. The maximum absolute atomic E-state index is 12.4. The zero-order valence-corrected chi connectivity index (χ0v) is 16.9. The Kier molecular flexibility index (Phi) is 6.13. The summed E-state index contributed by atoms with van der Waals surface area (Å²) >= 11 is 1.22. The Morgan fingerprint density at radius 2 is 2.07 bits per heavy atom. The molecule has 3 aromatic rings. The molecule has 0 radical (unpaired) electrons. The van der Waals surface area contributed by atoms with Crippen molar-refractivity contribution >= 4 is 29.0 Å². The average molecular weight is 413 g/mol. The summed E-state index contributed by atoms with van der Waals surface area (Å²) in [6, 6.07) is 11.7. The van der Waals surface area contributed by atoms with Gasteiger partial charge in [0, 0.05) is 24.7 Å². The molecule has 0 fully saturated rings. The molecule has 0 aliphatic heterocycles. The van der Waals surface area contributed by atoms with Crippen LogP contribution in [0.4, 0.5) is 11.4 Å². The molecule has 3 rings (SSSR count). The van der Waals surface area contributed by atoms with Crippen molar-refractivity contribution < 1.29 is 14.5 Å². The van der Waals surface area contributed by atoms with E-state index in [9.17, 15) is 14.9 Å². The molecular formula is C19H19N5O4S. The lowest BCUT2D eigenvalue weighted by Crippen LogP contribution is -2.15. The molecule has 10 heteroatoms. The van der Waals surface area contributed by atoms with Gasteiger partial charge in [-0.05, 0) is 24.6 Å². The van der Waals surface area contributed by atoms with Crippen LogP contribution in [0.3, 0.4) is 0 Å². The molecule has 2 aromatic carbocycles. The first-order valence-electron chi connectivity index (χ1n) is 8.60. The normalized spacial score (nSPS) is 10.6. The van der Waals surface area contributed by atoms with Crippen molar-refractivity contribution in [2.45, 2.75) is 12.1 Å². The summed E-state index contributed by atoms with van der Waals surface area (Å²) in [4.78, 5) is 22.9. The van der Waals surface area contributed by atoms with Crippen LogP contribution in [0, 0.1) is 17.0 Å². The number of rotatable bonds is 7. The van der Waals surface area contributed by atoms with Gasteiger partial charge in [-0.2, -0.15) is 0 Å². The second kappa shape index (κ2) is 8.74. The minimum Gasteiger partial charge on any atom is -0.495 e. The maximum atomic E-state index is 12.4. The second-order valence-corrected chi connectivity index (χ2v) is 7.16. The first-order chi connectivity index (χ1) is 13.9. The number of thioether (sulfide) groups is 1. The number of nitrogens with zero attached hydrogens (tertiary/aromatic N) is 4. The van der Waals surface area contributed by atoms with Gasteiger partial charge in [-0.3, -0.25) is 14.9 Å². The Morgan fingerprint density at radius 1 is 1.28 bits per heavy atom. The number of hydrogen-bond donors (Lipinski definition) is 1. The van der Waals surface area contributed by atoms with Crippen molar-refractivity contribution in [3.63, 3.8) is 0 Å². The summed E-state index contributed by atoms with van der Waals surface area (Å²) in [6.07, 6.45) is 0. The van der Waals surface area contributed by atoms with Crippen molar-refractivity contribution in [1.82, 2.24) is 14.8 Å². The third kappa shape index (κ3) is 4.72. The van der Waals surface area contributed by atoms with Crippen LogP contribution in [0.25, 0.3) is 11.4 Å². The summed E-state index contributed by atoms with van der Waals surface area (Å²) in [6.45, 7) is 1.93. The van der Waals surface area contributed by atoms with Crippen LogP contribution in [-0.4, -0.2) is 38.5 Å². The Morgan fingerprint density at radius 3 is 2.79 bits per heavy atom. The number of non-ortho nitro benzene ring substituents is 1. The van der Waals surface area contributed by atoms with Crippen LogP contribution in [0.15, 0.2) is 47.6 Å². The quantitative estimate of drug-likeness (QED) is 0.359. The number of benzene rings is 2. The molecule has 1 heterocycles. The number of anilines is 1. The highest BCUT2D eigenvalue weighted by atomic mass is 32.2. The molecule has 0 saturated heterocycles. The third-order valence-corrected chi connectivity index (χ3v) is 5.13. The average Bonchev–Trinajstić information content (AvgIpc) is 3.07. The molecule has 9 nitrogen and oxygen atoms in total. The highest BCUT2D eigenvalue weighted by Crippen LogP contribution is 2.27. The molecule has 29 heavy (non-hydrogen) atoms. The molecule has 150 valence electrons. The van der Waals surface area contributed by atoms with Gasteiger partial charge in [0.25, 0.3) is 5.69 Å². The molecule has 0 aliphatic carbocycles. The number of amides is 1. The molecular weight excluding hydrogens is 394 g/mol. The minimum atomic E-state index is -0.459. The zero-order chi connectivity index (χ0) is 21.0. The molecule has 0 spiro atoms. The van der Waals surface area contributed by atoms with Crippen LogP contribution >= 0.6 is 11.8 Å². The van der Waals surface area contributed by atoms with Gasteiger partial charge in [0.1, 0.15) is 5.75 Å². The van der Waals surface area contributed by atoms with Gasteiger partial charge >= 0.3 is 0 Å². The molecule has 1 aromatic heterocycles. The molecule has 0 atom stereocenters. The lowest BCUT2D eigenvalue weighted by atomic mass is 10.2. The Bertz CT molecular complexity index is 1070. The summed E-state index contributed by atoms with van der Waals surface area (Å²) in [5.74, 6) is 0.981. The standard InChI is InChI=1S/C19H19N5O4S/c1-12-7-8-16(28-3)15(9-12)20-17(25)11-29-19-22-21-18(23(19)2)13-5-4-6-14(10-13)24(26)27/h4-10H,11H2,1-3H3,(H,20,25). The van der Waals surface area contributed by atoms with Crippen molar-refractivity contribution in [2.75, 3.05) is 18.2 Å². The minimum absolute atomic E-state index is 0.0221. The largest absolute Gasteiger partial charge is 0.495 e. The first kappa shape index (κ1) is 20.3. The van der Waals surface area contributed by atoms with E-state index in [4.69, 9.17) is 4.74 Å². The van der Waals surface area contributed by atoms with Crippen molar-refractivity contribution in [3.8, 4) is 17.1 Å².